The van der Waals surface area contributed by atoms with E-state index in [0.717, 1.165) is 12.8 Å². The summed E-state index contributed by atoms with van der Waals surface area (Å²) >= 11 is 0. The zero-order valence-electron chi connectivity index (χ0n) is 11.1. The highest BCUT2D eigenvalue weighted by Gasteiger charge is 2.58. The third-order valence-corrected chi connectivity index (χ3v) is 4.02. The number of carbonyl (C=O) groups is 2. The van der Waals surface area contributed by atoms with E-state index in [-0.39, 0.29) is 11.8 Å². The Kier molecular flexibility index (Phi) is 3.25. The van der Waals surface area contributed by atoms with Gasteiger partial charge in [-0.1, -0.05) is 0 Å². The molecular weight excluding hydrogens is 234 g/mol. The van der Waals surface area contributed by atoms with Crippen molar-refractivity contribution in [2.45, 2.75) is 39.2 Å². The minimum atomic E-state index is -0.730. The monoisotopic (exact) mass is 255 g/mol. The number of aliphatic carboxylic acids is 1. The first-order chi connectivity index (χ1) is 8.29. The van der Waals surface area contributed by atoms with Crippen molar-refractivity contribution in [2.75, 3.05) is 6.54 Å². The Labute approximate surface area is 107 Å². The first-order valence-electron chi connectivity index (χ1n) is 6.49. The Balaban J connectivity index is 1.80. The molecule has 18 heavy (non-hydrogen) atoms. The van der Waals surface area contributed by atoms with Gasteiger partial charge in [-0.2, -0.15) is 0 Å². The molecule has 2 fully saturated rings. The average Bonchev–Trinajstić information content (AvgIpc) is 2.15. The van der Waals surface area contributed by atoms with Gasteiger partial charge in [0.05, 0.1) is 5.92 Å². The molecule has 5 nitrogen and oxygen atoms in total. The van der Waals surface area contributed by atoms with Gasteiger partial charge in [0, 0.05) is 6.54 Å². The lowest BCUT2D eigenvalue weighted by atomic mass is 9.47. The summed E-state index contributed by atoms with van der Waals surface area (Å²) in [6.45, 7) is 5.82. The van der Waals surface area contributed by atoms with Gasteiger partial charge in [0.1, 0.15) is 5.60 Å². The van der Waals surface area contributed by atoms with E-state index in [1.807, 2.05) is 0 Å². The zero-order valence-corrected chi connectivity index (χ0v) is 11.1. The van der Waals surface area contributed by atoms with Crippen LogP contribution in [-0.2, 0) is 9.53 Å². The van der Waals surface area contributed by atoms with Gasteiger partial charge in [-0.25, -0.2) is 4.79 Å². The molecule has 0 aromatic rings. The van der Waals surface area contributed by atoms with E-state index in [1.165, 1.54) is 0 Å². The van der Waals surface area contributed by atoms with Crippen LogP contribution < -0.4 is 5.32 Å². The molecule has 0 unspecified atom stereocenters. The molecule has 0 saturated heterocycles. The Bertz CT molecular complexity index is 360. The molecule has 2 rings (SSSR count). The summed E-state index contributed by atoms with van der Waals surface area (Å²) < 4.78 is 5.14. The van der Waals surface area contributed by atoms with Crippen LogP contribution in [0.4, 0.5) is 4.79 Å². The second-order valence-corrected chi connectivity index (χ2v) is 6.32. The molecule has 0 aromatic heterocycles. The van der Waals surface area contributed by atoms with Crippen LogP contribution in [0.25, 0.3) is 0 Å². The molecule has 4 atom stereocenters. The van der Waals surface area contributed by atoms with E-state index < -0.39 is 17.7 Å². The largest absolute Gasteiger partial charge is 0.481 e. The minimum absolute atomic E-state index is 0.0776. The maximum Gasteiger partial charge on any atom is 0.407 e. The number of ether oxygens (including phenoxy) is 1. The molecule has 102 valence electrons. The predicted octanol–water partition coefficient (Wildman–Crippen LogP) is 1.87. The lowest BCUT2D eigenvalue weighted by Gasteiger charge is -2.57. The molecule has 1 amide bonds. The molecule has 0 aliphatic heterocycles. The van der Waals surface area contributed by atoms with Crippen molar-refractivity contribution >= 4 is 12.1 Å². The fourth-order valence-electron chi connectivity index (χ4n) is 3.13. The molecular formula is C13H21NO4. The molecule has 2 aliphatic rings. The quantitative estimate of drug-likeness (QED) is 0.807. The fourth-order valence-corrected chi connectivity index (χ4v) is 3.13. The number of carboxylic acids is 1. The van der Waals surface area contributed by atoms with E-state index in [1.54, 1.807) is 20.8 Å². The molecule has 0 spiro atoms. The van der Waals surface area contributed by atoms with E-state index in [2.05, 4.69) is 5.32 Å². The van der Waals surface area contributed by atoms with Crippen molar-refractivity contribution in [3.05, 3.63) is 0 Å². The van der Waals surface area contributed by atoms with Gasteiger partial charge < -0.3 is 15.2 Å². The van der Waals surface area contributed by atoms with E-state index >= 15 is 0 Å². The Hall–Kier alpha value is -1.26. The van der Waals surface area contributed by atoms with E-state index in [4.69, 9.17) is 9.84 Å². The summed E-state index contributed by atoms with van der Waals surface area (Å²) in [6.07, 6.45) is 1.65. The SMILES string of the molecule is CC(C)(C)OC(=O)NC[C@H]1[C@@H]2CC[C@@H]2[C@H]1C(=O)O. The van der Waals surface area contributed by atoms with Crippen molar-refractivity contribution in [3.63, 3.8) is 0 Å². The fraction of sp³-hybridized carbons (Fsp3) is 0.846. The van der Waals surface area contributed by atoms with Gasteiger partial charge in [-0.3, -0.25) is 4.79 Å². The maximum absolute atomic E-state index is 11.5. The van der Waals surface area contributed by atoms with Gasteiger partial charge in [-0.15, -0.1) is 0 Å². The summed E-state index contributed by atoms with van der Waals surface area (Å²) in [5, 5.41) is 11.8. The Morgan fingerprint density at radius 1 is 1.28 bits per heavy atom. The summed E-state index contributed by atoms with van der Waals surface area (Å²) in [5.74, 6) is -0.103. The van der Waals surface area contributed by atoms with Crippen molar-refractivity contribution in [1.82, 2.24) is 5.32 Å². The molecule has 0 heterocycles. The molecule has 0 bridgehead atoms. The number of fused-ring (bicyclic) bond motifs is 1. The van der Waals surface area contributed by atoms with Gasteiger partial charge in [0.25, 0.3) is 0 Å². The van der Waals surface area contributed by atoms with Crippen molar-refractivity contribution in [2.24, 2.45) is 23.7 Å². The highest BCUT2D eigenvalue weighted by molar-refractivity contribution is 5.73. The first-order valence-corrected chi connectivity index (χ1v) is 6.49. The summed E-state index contributed by atoms with van der Waals surface area (Å²) in [5.41, 5.74) is -0.519. The van der Waals surface area contributed by atoms with E-state index in [9.17, 15) is 9.59 Å². The first kappa shape index (κ1) is 13.2. The van der Waals surface area contributed by atoms with Gasteiger partial charge in [0.15, 0.2) is 0 Å². The average molecular weight is 255 g/mol. The number of amides is 1. The summed E-state index contributed by atoms with van der Waals surface area (Å²) in [7, 11) is 0. The van der Waals surface area contributed by atoms with Gasteiger partial charge >= 0.3 is 12.1 Å². The molecule has 2 N–H and O–H groups in total. The maximum atomic E-state index is 11.5. The minimum Gasteiger partial charge on any atom is -0.481 e. The Morgan fingerprint density at radius 2 is 1.89 bits per heavy atom. The number of nitrogens with one attached hydrogen (secondary N) is 1. The van der Waals surface area contributed by atoms with Crippen LogP contribution in [0.15, 0.2) is 0 Å². The molecule has 2 aliphatic carbocycles. The second-order valence-electron chi connectivity index (χ2n) is 6.32. The third kappa shape index (κ3) is 2.44. The molecule has 2 saturated carbocycles. The van der Waals surface area contributed by atoms with Crippen LogP contribution in [0.1, 0.15) is 33.6 Å². The standard InChI is InChI=1S/C13H21NO4/c1-13(2,3)18-12(17)14-6-9-7-4-5-8(7)10(9)11(15)16/h7-10H,4-6H2,1-3H3,(H,14,17)(H,15,16)/t7-,8+,9+,10-/m1/s1. The zero-order chi connectivity index (χ0) is 13.5. The second kappa shape index (κ2) is 4.44. The lowest BCUT2D eigenvalue weighted by molar-refractivity contribution is -0.171. The summed E-state index contributed by atoms with van der Waals surface area (Å²) in [6, 6.07) is 0. The van der Waals surface area contributed by atoms with E-state index in [0.29, 0.717) is 18.4 Å². The number of alkyl carbamates (subject to hydrolysis) is 1. The predicted molar refractivity (Wildman–Crippen MR) is 65.1 cm³/mol. The number of hydrogen-bond donors (Lipinski definition) is 2. The van der Waals surface area contributed by atoms with Crippen molar-refractivity contribution in [1.29, 1.82) is 0 Å². The molecule has 0 aromatic carbocycles. The van der Waals surface area contributed by atoms with Crippen LogP contribution in [0.3, 0.4) is 0 Å². The lowest BCUT2D eigenvalue weighted by Crippen LogP contribution is -2.59. The van der Waals surface area contributed by atoms with Crippen molar-refractivity contribution in [3.8, 4) is 0 Å². The third-order valence-electron chi connectivity index (χ3n) is 4.02. The smallest absolute Gasteiger partial charge is 0.407 e. The molecule has 0 radical (unpaired) electrons. The van der Waals surface area contributed by atoms with Crippen molar-refractivity contribution < 1.29 is 19.4 Å². The van der Waals surface area contributed by atoms with Gasteiger partial charge in [-0.05, 0) is 51.4 Å². The molecule has 5 heteroatoms. The Morgan fingerprint density at radius 3 is 2.33 bits per heavy atom. The van der Waals surface area contributed by atoms with Crippen LogP contribution in [-0.4, -0.2) is 29.3 Å². The van der Waals surface area contributed by atoms with Crippen LogP contribution in [0.5, 0.6) is 0 Å². The van der Waals surface area contributed by atoms with Crippen LogP contribution in [0, 0.1) is 23.7 Å². The topological polar surface area (TPSA) is 75.6 Å². The summed E-state index contributed by atoms with van der Waals surface area (Å²) in [4.78, 5) is 22.6. The number of hydrogen-bond acceptors (Lipinski definition) is 3. The highest BCUT2D eigenvalue weighted by Crippen LogP contribution is 2.58. The van der Waals surface area contributed by atoms with Crippen LogP contribution >= 0.6 is 0 Å². The van der Waals surface area contributed by atoms with Crippen LogP contribution in [0.2, 0.25) is 0 Å². The number of carboxylic acid groups (broad SMARTS) is 1. The number of carbonyl (C=O) groups excluding carboxylic acids is 1. The normalized spacial score (nSPS) is 33.7. The number of rotatable bonds is 3. The van der Waals surface area contributed by atoms with Gasteiger partial charge in [0.2, 0.25) is 0 Å². The highest BCUT2D eigenvalue weighted by atomic mass is 16.6.